The van der Waals surface area contributed by atoms with Crippen LogP contribution in [0.25, 0.3) is 0 Å². The Morgan fingerprint density at radius 3 is 2.45 bits per heavy atom. The lowest BCUT2D eigenvalue weighted by Crippen LogP contribution is -2.47. The zero-order valence-electron chi connectivity index (χ0n) is 13.1. The third-order valence-corrected chi connectivity index (χ3v) is 4.17. The van der Waals surface area contributed by atoms with E-state index < -0.39 is 0 Å². The van der Waals surface area contributed by atoms with Crippen LogP contribution in [-0.4, -0.2) is 38.3 Å². The van der Waals surface area contributed by atoms with Crippen molar-refractivity contribution in [2.24, 2.45) is 0 Å². The van der Waals surface area contributed by atoms with Gasteiger partial charge in [0.15, 0.2) is 0 Å². The van der Waals surface area contributed by atoms with E-state index in [1.54, 1.807) is 13.3 Å². The number of para-hydroxylation sites is 2. The van der Waals surface area contributed by atoms with Crippen LogP contribution in [0.5, 0.6) is 5.75 Å². The summed E-state index contributed by atoms with van der Waals surface area (Å²) in [7, 11) is 1.72. The maximum atomic E-state index is 5.85. The van der Waals surface area contributed by atoms with E-state index in [1.165, 1.54) is 0 Å². The van der Waals surface area contributed by atoms with Crippen LogP contribution in [0.2, 0.25) is 0 Å². The van der Waals surface area contributed by atoms with Crippen LogP contribution in [-0.2, 0) is 0 Å². The highest BCUT2D eigenvalue weighted by Gasteiger charge is 2.20. The molecule has 0 aliphatic carbocycles. The number of piperazine rings is 1. The number of benzene rings is 1. The second kappa shape index (κ2) is 6.13. The molecule has 1 saturated heterocycles. The summed E-state index contributed by atoms with van der Waals surface area (Å²) in [5.74, 6) is 1.93. The minimum atomic E-state index is 0.747. The average molecular weight is 298 g/mol. The van der Waals surface area contributed by atoms with Crippen molar-refractivity contribution in [1.29, 1.82) is 0 Å². The highest BCUT2D eigenvalue weighted by molar-refractivity contribution is 5.60. The first kappa shape index (κ1) is 14.5. The van der Waals surface area contributed by atoms with Crippen LogP contribution < -0.4 is 20.3 Å². The van der Waals surface area contributed by atoms with E-state index >= 15 is 0 Å². The Labute approximate surface area is 131 Å². The molecular weight excluding hydrogens is 276 g/mol. The largest absolute Gasteiger partial charge is 0.495 e. The standard InChI is InChI=1S/C17H22N4O/c1-13-11-17(19-12-14(13)18)21-9-7-20(8-10-21)15-5-3-4-6-16(15)22-2/h3-6,11-12H,7-10,18H2,1-2H3. The number of aromatic nitrogens is 1. The Morgan fingerprint density at radius 1 is 1.09 bits per heavy atom. The summed E-state index contributed by atoms with van der Waals surface area (Å²) < 4.78 is 5.46. The van der Waals surface area contributed by atoms with Gasteiger partial charge in [-0.2, -0.15) is 0 Å². The monoisotopic (exact) mass is 298 g/mol. The summed E-state index contributed by atoms with van der Waals surface area (Å²) in [6, 6.07) is 10.2. The second-order valence-corrected chi connectivity index (χ2v) is 5.55. The van der Waals surface area contributed by atoms with Gasteiger partial charge < -0.3 is 20.3 Å². The highest BCUT2D eigenvalue weighted by Crippen LogP contribution is 2.29. The lowest BCUT2D eigenvalue weighted by molar-refractivity contribution is 0.413. The fraction of sp³-hybridized carbons (Fsp3) is 0.353. The number of pyridine rings is 1. The van der Waals surface area contributed by atoms with Crippen LogP contribution in [0, 0.1) is 6.92 Å². The zero-order chi connectivity index (χ0) is 15.5. The molecule has 0 spiro atoms. The maximum absolute atomic E-state index is 5.85. The van der Waals surface area contributed by atoms with E-state index in [0.29, 0.717) is 0 Å². The van der Waals surface area contributed by atoms with Gasteiger partial charge in [0.2, 0.25) is 0 Å². The van der Waals surface area contributed by atoms with E-state index in [9.17, 15) is 0 Å². The molecule has 1 aliphatic heterocycles. The van der Waals surface area contributed by atoms with Crippen molar-refractivity contribution in [3.05, 3.63) is 42.1 Å². The summed E-state index contributed by atoms with van der Waals surface area (Å²) in [5.41, 5.74) is 8.83. The molecule has 2 heterocycles. The van der Waals surface area contributed by atoms with E-state index in [4.69, 9.17) is 10.5 Å². The van der Waals surface area contributed by atoms with Crippen LogP contribution in [0.4, 0.5) is 17.2 Å². The molecule has 0 atom stereocenters. The number of nitrogens with zero attached hydrogens (tertiary/aromatic N) is 3. The zero-order valence-corrected chi connectivity index (χ0v) is 13.1. The number of aryl methyl sites for hydroxylation is 1. The van der Waals surface area contributed by atoms with Gasteiger partial charge in [0, 0.05) is 26.2 Å². The molecule has 116 valence electrons. The third kappa shape index (κ3) is 2.79. The summed E-state index contributed by atoms with van der Waals surface area (Å²) in [4.78, 5) is 9.12. The first-order chi connectivity index (χ1) is 10.7. The van der Waals surface area contributed by atoms with Crippen LogP contribution in [0.15, 0.2) is 36.5 Å². The molecule has 2 aromatic rings. The topological polar surface area (TPSA) is 54.6 Å². The number of rotatable bonds is 3. The predicted molar refractivity (Wildman–Crippen MR) is 90.8 cm³/mol. The lowest BCUT2D eigenvalue weighted by atomic mass is 10.2. The van der Waals surface area contributed by atoms with E-state index in [2.05, 4.69) is 33.0 Å². The van der Waals surface area contributed by atoms with Gasteiger partial charge in [-0.1, -0.05) is 12.1 Å². The van der Waals surface area contributed by atoms with Crippen LogP contribution in [0.3, 0.4) is 0 Å². The number of hydrogen-bond acceptors (Lipinski definition) is 5. The Bertz CT molecular complexity index is 651. The number of anilines is 3. The molecule has 0 radical (unpaired) electrons. The molecule has 5 heteroatoms. The van der Waals surface area contributed by atoms with Gasteiger partial charge >= 0.3 is 0 Å². The number of methoxy groups -OCH3 is 1. The summed E-state index contributed by atoms with van der Waals surface area (Å²) in [5, 5.41) is 0. The average Bonchev–Trinajstić information content (AvgIpc) is 2.57. The molecule has 0 amide bonds. The quantitative estimate of drug-likeness (QED) is 0.942. The van der Waals surface area contributed by atoms with Crippen molar-refractivity contribution < 1.29 is 4.74 Å². The first-order valence-electron chi connectivity index (χ1n) is 7.54. The van der Waals surface area contributed by atoms with Crippen molar-refractivity contribution in [2.45, 2.75) is 6.92 Å². The fourth-order valence-corrected chi connectivity index (χ4v) is 2.79. The number of nitrogen functional groups attached to an aromatic ring is 1. The van der Waals surface area contributed by atoms with Crippen molar-refractivity contribution in [3.8, 4) is 5.75 Å². The Balaban J connectivity index is 1.71. The molecule has 1 fully saturated rings. The maximum Gasteiger partial charge on any atom is 0.142 e. The van der Waals surface area contributed by atoms with Crippen LogP contribution in [0.1, 0.15) is 5.56 Å². The second-order valence-electron chi connectivity index (χ2n) is 5.55. The van der Waals surface area contributed by atoms with Crippen molar-refractivity contribution in [2.75, 3.05) is 48.8 Å². The smallest absolute Gasteiger partial charge is 0.142 e. The molecule has 3 rings (SSSR count). The molecule has 0 saturated carbocycles. The summed E-state index contributed by atoms with van der Waals surface area (Å²) in [6.07, 6.45) is 1.75. The van der Waals surface area contributed by atoms with Gasteiger partial charge in [0.25, 0.3) is 0 Å². The number of ether oxygens (including phenoxy) is 1. The van der Waals surface area contributed by atoms with Gasteiger partial charge in [-0.25, -0.2) is 4.98 Å². The molecule has 1 aliphatic rings. The third-order valence-electron chi connectivity index (χ3n) is 4.17. The first-order valence-corrected chi connectivity index (χ1v) is 7.54. The molecule has 22 heavy (non-hydrogen) atoms. The van der Waals surface area contributed by atoms with Gasteiger partial charge in [-0.3, -0.25) is 0 Å². The number of nitrogens with two attached hydrogens (primary N) is 1. The highest BCUT2D eigenvalue weighted by atomic mass is 16.5. The Hall–Kier alpha value is -2.43. The fourth-order valence-electron chi connectivity index (χ4n) is 2.79. The summed E-state index contributed by atoms with van der Waals surface area (Å²) >= 11 is 0. The van der Waals surface area contributed by atoms with Gasteiger partial charge in [0.1, 0.15) is 11.6 Å². The molecule has 0 bridgehead atoms. The van der Waals surface area contributed by atoms with Crippen molar-refractivity contribution in [1.82, 2.24) is 4.98 Å². The Kier molecular flexibility index (Phi) is 4.04. The molecular formula is C17H22N4O. The predicted octanol–water partition coefficient (Wildman–Crippen LogP) is 2.31. The summed E-state index contributed by atoms with van der Waals surface area (Å²) in [6.45, 7) is 5.80. The Morgan fingerprint density at radius 2 is 1.77 bits per heavy atom. The van der Waals surface area contributed by atoms with Crippen LogP contribution >= 0.6 is 0 Å². The SMILES string of the molecule is COc1ccccc1N1CCN(c2cc(C)c(N)cn2)CC1. The van der Waals surface area contributed by atoms with E-state index in [-0.39, 0.29) is 0 Å². The number of hydrogen-bond donors (Lipinski definition) is 1. The van der Waals surface area contributed by atoms with E-state index in [0.717, 1.165) is 54.7 Å². The molecule has 2 N–H and O–H groups in total. The van der Waals surface area contributed by atoms with Crippen molar-refractivity contribution in [3.63, 3.8) is 0 Å². The van der Waals surface area contributed by atoms with Crippen molar-refractivity contribution >= 4 is 17.2 Å². The van der Waals surface area contributed by atoms with Gasteiger partial charge in [-0.15, -0.1) is 0 Å². The van der Waals surface area contributed by atoms with E-state index in [1.807, 2.05) is 19.1 Å². The molecule has 5 nitrogen and oxygen atoms in total. The molecule has 1 aromatic heterocycles. The van der Waals surface area contributed by atoms with Gasteiger partial charge in [-0.05, 0) is 30.7 Å². The normalized spacial score (nSPS) is 15.0. The minimum Gasteiger partial charge on any atom is -0.495 e. The minimum absolute atomic E-state index is 0.747. The molecule has 0 unspecified atom stereocenters. The lowest BCUT2D eigenvalue weighted by Gasteiger charge is -2.37. The molecule has 1 aromatic carbocycles. The van der Waals surface area contributed by atoms with Gasteiger partial charge in [0.05, 0.1) is 24.7 Å².